The van der Waals surface area contributed by atoms with E-state index in [1.54, 1.807) is 48.8 Å². The van der Waals surface area contributed by atoms with Gasteiger partial charge in [-0.15, -0.1) is 10.2 Å². The van der Waals surface area contributed by atoms with E-state index in [-0.39, 0.29) is 51.0 Å². The minimum Gasteiger partial charge on any atom is -0.421 e. The molecule has 0 amide bonds. The molecule has 68 heavy (non-hydrogen) atoms. The summed E-state index contributed by atoms with van der Waals surface area (Å²) in [6, 6.07) is 25.8. The van der Waals surface area contributed by atoms with Crippen molar-refractivity contribution in [2.75, 3.05) is 13.2 Å². The second kappa shape index (κ2) is 18.1. The highest BCUT2D eigenvalue weighted by Gasteiger charge is 2.56. The third-order valence-electron chi connectivity index (χ3n) is 11.9. The Kier molecular flexibility index (Phi) is 11.9. The number of hydrogen-bond acceptors (Lipinski definition) is 18. The highest BCUT2D eigenvalue weighted by atomic mass is 16.9. The van der Waals surface area contributed by atoms with E-state index in [1.807, 2.05) is 76.2 Å². The lowest BCUT2D eigenvalue weighted by Gasteiger charge is -2.26. The number of benzene rings is 3. The van der Waals surface area contributed by atoms with Gasteiger partial charge in [0.25, 0.3) is 0 Å². The van der Waals surface area contributed by atoms with E-state index in [0.29, 0.717) is 22.6 Å². The number of aromatic nitrogens is 6. The molecule has 4 saturated heterocycles. The largest absolute Gasteiger partial charge is 0.421 e. The Balaban J connectivity index is 0.706. The lowest BCUT2D eigenvalue weighted by Crippen LogP contribution is -2.39. The van der Waals surface area contributed by atoms with E-state index in [0.717, 1.165) is 21.9 Å². The van der Waals surface area contributed by atoms with Crippen molar-refractivity contribution in [2.45, 2.75) is 115 Å². The molecule has 8 atom stereocenters. The molecule has 20 heteroatoms. The van der Waals surface area contributed by atoms with Gasteiger partial charge in [-0.25, -0.2) is 19.0 Å². The van der Waals surface area contributed by atoms with Crippen LogP contribution in [0.15, 0.2) is 116 Å². The summed E-state index contributed by atoms with van der Waals surface area (Å²) >= 11 is 0. The smallest absolute Gasteiger partial charge is 0.362 e. The first kappa shape index (κ1) is 44.5. The standard InChI is InChI=1S/C48H48N6O14/c1-47(2)65-41-39(37(63-45(41)67-47)25-57-23-31-19-53(51-49-31)33-17-29-12-5-7-14-35(29)61-43(33)55)59-21-27-10-9-11-28(16-27)22-60-40-38(64-46-42(40)66-48(3,4)68-46)26-58-24-32-20-54(52-50-32)34-18-30-13-6-8-15-36(30)62-44(34)56/h5-20,37-42,45-46H,21-26H2,1-4H3/t37-,38-,39+,40+,41-,42-,45-,46-/m1/s1. The van der Waals surface area contributed by atoms with Crippen LogP contribution >= 0.6 is 0 Å². The van der Waals surface area contributed by atoms with Crippen molar-refractivity contribution in [3.63, 3.8) is 0 Å². The third-order valence-corrected chi connectivity index (χ3v) is 11.9. The highest BCUT2D eigenvalue weighted by molar-refractivity contribution is 5.78. The van der Waals surface area contributed by atoms with Crippen molar-refractivity contribution in [3.8, 4) is 11.4 Å². The summed E-state index contributed by atoms with van der Waals surface area (Å²) in [7, 11) is 0. The van der Waals surface area contributed by atoms with Gasteiger partial charge in [-0.1, -0.05) is 71.1 Å². The van der Waals surface area contributed by atoms with Gasteiger partial charge in [0.1, 0.15) is 59.2 Å². The van der Waals surface area contributed by atoms with Crippen LogP contribution < -0.4 is 11.3 Å². The molecule has 4 aliphatic heterocycles. The Morgan fingerprint density at radius 2 is 1.01 bits per heavy atom. The molecule has 0 N–H and O–H groups in total. The zero-order chi connectivity index (χ0) is 46.6. The summed E-state index contributed by atoms with van der Waals surface area (Å²) in [4.78, 5) is 25.4. The average Bonchev–Trinajstić information content (AvgIpc) is 4.17. The predicted molar refractivity (Wildman–Crippen MR) is 235 cm³/mol. The lowest BCUT2D eigenvalue weighted by molar-refractivity contribution is -0.225. The van der Waals surface area contributed by atoms with Gasteiger partial charge in [0.2, 0.25) is 0 Å². The van der Waals surface area contributed by atoms with Crippen LogP contribution in [-0.4, -0.2) is 104 Å². The Hall–Kier alpha value is -6.04. The highest BCUT2D eigenvalue weighted by Crippen LogP contribution is 2.41. The first-order chi connectivity index (χ1) is 32.9. The lowest BCUT2D eigenvalue weighted by atomic mass is 10.1. The van der Waals surface area contributed by atoms with E-state index in [9.17, 15) is 9.59 Å². The molecule has 354 valence electrons. The quantitative estimate of drug-likeness (QED) is 0.116. The fourth-order valence-corrected chi connectivity index (χ4v) is 8.90. The van der Waals surface area contributed by atoms with Crippen LogP contribution in [0.1, 0.15) is 50.2 Å². The van der Waals surface area contributed by atoms with Crippen LogP contribution in [0.2, 0.25) is 0 Å². The fourth-order valence-electron chi connectivity index (χ4n) is 8.90. The van der Waals surface area contributed by atoms with Gasteiger partial charge in [0, 0.05) is 10.8 Å². The van der Waals surface area contributed by atoms with Gasteiger partial charge >= 0.3 is 11.3 Å². The molecule has 0 saturated carbocycles. The molecule has 4 aliphatic rings. The topological polar surface area (TPSA) is 214 Å². The molecular weight excluding hydrogens is 885 g/mol. The molecule has 0 bridgehead atoms. The summed E-state index contributed by atoms with van der Waals surface area (Å²) in [5, 5.41) is 18.2. The Labute approximate surface area is 387 Å². The molecule has 3 aromatic carbocycles. The molecule has 7 aromatic rings. The van der Waals surface area contributed by atoms with Gasteiger partial charge in [0.05, 0.1) is 52.0 Å². The molecular formula is C48H48N6O14. The maximum atomic E-state index is 12.7. The van der Waals surface area contributed by atoms with Crippen LogP contribution in [-0.2, 0) is 73.8 Å². The van der Waals surface area contributed by atoms with Crippen molar-refractivity contribution in [3.05, 3.63) is 141 Å². The normalized spacial score (nSPS) is 25.9. The predicted octanol–water partition coefficient (Wildman–Crippen LogP) is 5.02. The summed E-state index contributed by atoms with van der Waals surface area (Å²) < 4.78 is 76.1. The van der Waals surface area contributed by atoms with Crippen LogP contribution in [0.4, 0.5) is 0 Å². The zero-order valence-electron chi connectivity index (χ0n) is 37.5. The van der Waals surface area contributed by atoms with Crippen molar-refractivity contribution in [1.82, 2.24) is 30.0 Å². The molecule has 0 unspecified atom stereocenters. The second-order valence-electron chi connectivity index (χ2n) is 17.9. The van der Waals surface area contributed by atoms with Crippen LogP contribution in [0.3, 0.4) is 0 Å². The summed E-state index contributed by atoms with van der Waals surface area (Å²) in [6.07, 6.45) is -1.15. The maximum absolute atomic E-state index is 12.7. The molecule has 4 fully saturated rings. The van der Waals surface area contributed by atoms with E-state index < -0.39 is 72.0 Å². The molecule has 0 aliphatic carbocycles. The molecule has 11 rings (SSSR count). The minimum atomic E-state index is -0.860. The van der Waals surface area contributed by atoms with Gasteiger partial charge in [0.15, 0.2) is 35.5 Å². The second-order valence-corrected chi connectivity index (χ2v) is 17.9. The van der Waals surface area contributed by atoms with Crippen molar-refractivity contribution in [1.29, 1.82) is 0 Å². The number of rotatable bonds is 16. The van der Waals surface area contributed by atoms with Crippen molar-refractivity contribution >= 4 is 21.9 Å². The van der Waals surface area contributed by atoms with Crippen LogP contribution in [0.5, 0.6) is 0 Å². The van der Waals surface area contributed by atoms with E-state index in [2.05, 4.69) is 20.6 Å². The summed E-state index contributed by atoms with van der Waals surface area (Å²) in [5.41, 5.74) is 3.20. The summed E-state index contributed by atoms with van der Waals surface area (Å²) in [6.45, 7) is 8.30. The van der Waals surface area contributed by atoms with Crippen molar-refractivity contribution in [2.24, 2.45) is 0 Å². The average molecular weight is 933 g/mol. The summed E-state index contributed by atoms with van der Waals surface area (Å²) in [5.74, 6) is -1.72. The molecule has 0 radical (unpaired) electrons. The molecule has 20 nitrogen and oxygen atoms in total. The maximum Gasteiger partial charge on any atom is 0.362 e. The first-order valence-electron chi connectivity index (χ1n) is 22.3. The van der Waals surface area contributed by atoms with Gasteiger partial charge in [-0.2, -0.15) is 0 Å². The third kappa shape index (κ3) is 9.27. The fraction of sp³-hybridized carbons (Fsp3) is 0.417. The minimum absolute atomic E-state index is 0.0995. The SMILES string of the molecule is CC1(C)O[C@H]2O[C@H](COCc3cn(-c4cc5ccccc5oc4=O)nn3)[C@H](OCc3cccc(CO[C@@H]4[C@H]5OC(C)(C)O[C@H]5O[C@@H]4COCc4cn(-c5cc6ccccc6oc5=O)nn4)c3)[C@H]2O1. The van der Waals surface area contributed by atoms with Gasteiger partial charge < -0.3 is 56.2 Å². The Morgan fingerprint density at radius 1 is 0.559 bits per heavy atom. The molecule has 0 spiro atoms. The van der Waals surface area contributed by atoms with E-state index >= 15 is 0 Å². The number of nitrogens with zero attached hydrogens (tertiary/aromatic N) is 6. The van der Waals surface area contributed by atoms with Crippen LogP contribution in [0.25, 0.3) is 33.3 Å². The number of fused-ring (bicyclic) bond motifs is 4. The Morgan fingerprint density at radius 3 is 1.49 bits per heavy atom. The number of para-hydroxylation sites is 2. The molecule has 8 heterocycles. The monoisotopic (exact) mass is 932 g/mol. The Bertz CT molecular complexity index is 2860. The number of hydrogen-bond donors (Lipinski definition) is 0. The molecule has 4 aromatic heterocycles. The van der Waals surface area contributed by atoms with Gasteiger partial charge in [-0.3, -0.25) is 0 Å². The van der Waals surface area contributed by atoms with Gasteiger partial charge in [-0.05, 0) is 63.1 Å². The first-order valence-corrected chi connectivity index (χ1v) is 22.3. The van der Waals surface area contributed by atoms with E-state index in [4.69, 9.17) is 56.2 Å². The van der Waals surface area contributed by atoms with Crippen LogP contribution in [0, 0.1) is 0 Å². The number of ether oxygens (including phenoxy) is 10. The van der Waals surface area contributed by atoms with Crippen molar-refractivity contribution < 1.29 is 56.2 Å². The zero-order valence-corrected chi connectivity index (χ0v) is 37.5. The van der Waals surface area contributed by atoms with E-state index in [1.165, 1.54) is 9.36 Å².